The predicted molar refractivity (Wildman–Crippen MR) is 59.2 cm³/mol. The first kappa shape index (κ1) is 11.9. The zero-order valence-corrected chi connectivity index (χ0v) is 9.60. The van der Waals surface area contributed by atoms with Gasteiger partial charge in [0.05, 0.1) is 12.2 Å². The van der Waals surface area contributed by atoms with Crippen LogP contribution in [0.2, 0.25) is 0 Å². The molecule has 0 fully saturated rings. The fourth-order valence-electron chi connectivity index (χ4n) is 1.37. The van der Waals surface area contributed by atoms with Gasteiger partial charge in [-0.25, -0.2) is 0 Å². The number of Topliss-reactive ketones (excluding diaryl/α,β-unsaturated/α-hetero) is 1. The number of rotatable bonds is 5. The van der Waals surface area contributed by atoms with E-state index in [-0.39, 0.29) is 5.78 Å². The molecule has 0 bridgehead atoms. The van der Waals surface area contributed by atoms with Crippen molar-refractivity contribution < 1.29 is 4.79 Å². The largest absolute Gasteiger partial charge is 0.318 e. The van der Waals surface area contributed by atoms with Gasteiger partial charge in [-0.05, 0) is 12.3 Å². The molecule has 0 amide bonds. The Balaban J connectivity index is 2.53. The van der Waals surface area contributed by atoms with Gasteiger partial charge in [0.2, 0.25) is 0 Å². The molecule has 0 aliphatic carbocycles. The SMILES string of the molecule is CC(C)CCC(=O)C(N)c1cnn(C)c1. The third-order valence-corrected chi connectivity index (χ3v) is 2.40. The molecule has 15 heavy (non-hydrogen) atoms. The molecule has 2 N–H and O–H groups in total. The quantitative estimate of drug-likeness (QED) is 0.798. The molecular formula is C11H19N3O. The zero-order chi connectivity index (χ0) is 11.4. The Morgan fingerprint density at radius 3 is 2.73 bits per heavy atom. The van der Waals surface area contributed by atoms with Crippen LogP contribution in [0.5, 0.6) is 0 Å². The van der Waals surface area contributed by atoms with Gasteiger partial charge in [-0.15, -0.1) is 0 Å². The van der Waals surface area contributed by atoms with Gasteiger partial charge >= 0.3 is 0 Å². The summed E-state index contributed by atoms with van der Waals surface area (Å²) in [7, 11) is 1.81. The van der Waals surface area contributed by atoms with Crippen LogP contribution in [0.25, 0.3) is 0 Å². The summed E-state index contributed by atoms with van der Waals surface area (Å²) in [5, 5.41) is 4.00. The van der Waals surface area contributed by atoms with Crippen molar-refractivity contribution in [2.24, 2.45) is 18.7 Å². The van der Waals surface area contributed by atoms with Gasteiger partial charge in [0, 0.05) is 25.2 Å². The summed E-state index contributed by atoms with van der Waals surface area (Å²) in [6.45, 7) is 4.20. The molecule has 4 nitrogen and oxygen atoms in total. The van der Waals surface area contributed by atoms with Gasteiger partial charge in [-0.1, -0.05) is 13.8 Å². The summed E-state index contributed by atoms with van der Waals surface area (Å²) in [5.74, 6) is 0.631. The number of aryl methyl sites for hydroxylation is 1. The molecular weight excluding hydrogens is 190 g/mol. The zero-order valence-electron chi connectivity index (χ0n) is 9.60. The molecule has 0 saturated heterocycles. The lowest BCUT2D eigenvalue weighted by Crippen LogP contribution is -2.21. The Kier molecular flexibility index (Phi) is 4.03. The molecule has 84 valence electrons. The van der Waals surface area contributed by atoms with Crippen molar-refractivity contribution in [1.29, 1.82) is 0 Å². The first-order valence-electron chi connectivity index (χ1n) is 5.27. The molecule has 0 aliphatic heterocycles. The molecule has 1 aromatic heterocycles. The van der Waals surface area contributed by atoms with E-state index in [1.807, 2.05) is 7.05 Å². The molecule has 0 aromatic carbocycles. The number of carbonyl (C=O) groups excluding carboxylic acids is 1. The van der Waals surface area contributed by atoms with Crippen molar-refractivity contribution in [3.05, 3.63) is 18.0 Å². The summed E-state index contributed by atoms with van der Waals surface area (Å²) < 4.78 is 1.66. The highest BCUT2D eigenvalue weighted by Crippen LogP contribution is 2.14. The number of hydrogen-bond acceptors (Lipinski definition) is 3. The van der Waals surface area contributed by atoms with E-state index in [1.54, 1.807) is 17.1 Å². The van der Waals surface area contributed by atoms with E-state index >= 15 is 0 Å². The van der Waals surface area contributed by atoms with Crippen LogP contribution in [0, 0.1) is 5.92 Å². The molecule has 0 aliphatic rings. The molecule has 1 rings (SSSR count). The lowest BCUT2D eigenvalue weighted by molar-refractivity contribution is -0.120. The normalized spacial score (nSPS) is 13.1. The average Bonchev–Trinajstić information content (AvgIpc) is 2.60. The van der Waals surface area contributed by atoms with Gasteiger partial charge in [0.1, 0.15) is 0 Å². The smallest absolute Gasteiger partial charge is 0.154 e. The summed E-state index contributed by atoms with van der Waals surface area (Å²) in [6, 6.07) is -0.516. The predicted octanol–water partition coefficient (Wildman–Crippen LogP) is 1.43. The van der Waals surface area contributed by atoms with Gasteiger partial charge in [0.25, 0.3) is 0 Å². The summed E-state index contributed by atoms with van der Waals surface area (Å²) in [6.07, 6.45) is 4.89. The second-order valence-electron chi connectivity index (χ2n) is 4.32. The van der Waals surface area contributed by atoms with E-state index in [9.17, 15) is 4.79 Å². The van der Waals surface area contributed by atoms with Gasteiger partial charge in [-0.2, -0.15) is 5.10 Å². The number of nitrogens with two attached hydrogens (primary N) is 1. The van der Waals surface area contributed by atoms with Crippen LogP contribution in [-0.2, 0) is 11.8 Å². The Bertz CT molecular complexity index is 330. The van der Waals surface area contributed by atoms with Crippen LogP contribution < -0.4 is 5.73 Å². The van der Waals surface area contributed by atoms with E-state index in [0.29, 0.717) is 12.3 Å². The third kappa shape index (κ3) is 3.47. The fourth-order valence-corrected chi connectivity index (χ4v) is 1.37. The van der Waals surface area contributed by atoms with E-state index in [4.69, 9.17) is 5.73 Å². The molecule has 1 unspecified atom stereocenters. The maximum Gasteiger partial charge on any atom is 0.154 e. The number of nitrogens with zero attached hydrogens (tertiary/aromatic N) is 2. The maximum atomic E-state index is 11.7. The topological polar surface area (TPSA) is 60.9 Å². The van der Waals surface area contributed by atoms with Crippen molar-refractivity contribution in [1.82, 2.24) is 9.78 Å². The lowest BCUT2D eigenvalue weighted by atomic mass is 9.99. The van der Waals surface area contributed by atoms with Crippen LogP contribution in [0.3, 0.4) is 0 Å². The van der Waals surface area contributed by atoms with Crippen molar-refractivity contribution in [3.63, 3.8) is 0 Å². The highest BCUT2D eigenvalue weighted by molar-refractivity contribution is 5.84. The Morgan fingerprint density at radius 1 is 1.60 bits per heavy atom. The highest BCUT2D eigenvalue weighted by atomic mass is 16.1. The minimum Gasteiger partial charge on any atom is -0.318 e. The second kappa shape index (κ2) is 5.07. The van der Waals surface area contributed by atoms with Crippen LogP contribution >= 0.6 is 0 Å². The van der Waals surface area contributed by atoms with Gasteiger partial charge in [-0.3, -0.25) is 9.48 Å². The number of ketones is 1. The van der Waals surface area contributed by atoms with Crippen LogP contribution in [0.15, 0.2) is 12.4 Å². The van der Waals surface area contributed by atoms with Crippen molar-refractivity contribution in [3.8, 4) is 0 Å². The summed E-state index contributed by atoms with van der Waals surface area (Å²) in [5.41, 5.74) is 6.63. The molecule has 0 saturated carbocycles. The fraction of sp³-hybridized carbons (Fsp3) is 0.636. The Labute approximate surface area is 90.5 Å². The van der Waals surface area contributed by atoms with Gasteiger partial charge in [0.15, 0.2) is 5.78 Å². The van der Waals surface area contributed by atoms with Gasteiger partial charge < -0.3 is 5.73 Å². The first-order valence-corrected chi connectivity index (χ1v) is 5.27. The minimum absolute atomic E-state index is 0.0942. The monoisotopic (exact) mass is 209 g/mol. The van der Waals surface area contributed by atoms with Crippen molar-refractivity contribution in [2.75, 3.05) is 0 Å². The molecule has 1 heterocycles. The van der Waals surface area contributed by atoms with Crippen LogP contribution in [0.1, 0.15) is 38.3 Å². The summed E-state index contributed by atoms with van der Waals surface area (Å²) >= 11 is 0. The average molecular weight is 209 g/mol. The first-order chi connectivity index (χ1) is 7.00. The number of carbonyl (C=O) groups is 1. The maximum absolute atomic E-state index is 11.7. The number of aromatic nitrogens is 2. The second-order valence-corrected chi connectivity index (χ2v) is 4.32. The standard InChI is InChI=1S/C11H19N3O/c1-8(2)4-5-10(15)11(12)9-6-13-14(3)7-9/h6-8,11H,4-5,12H2,1-3H3. The molecule has 1 atom stereocenters. The Hall–Kier alpha value is -1.16. The molecule has 0 spiro atoms. The van der Waals surface area contributed by atoms with E-state index in [1.165, 1.54) is 0 Å². The van der Waals surface area contributed by atoms with Crippen LogP contribution in [0.4, 0.5) is 0 Å². The lowest BCUT2D eigenvalue weighted by Gasteiger charge is -2.09. The van der Waals surface area contributed by atoms with E-state index in [0.717, 1.165) is 12.0 Å². The highest BCUT2D eigenvalue weighted by Gasteiger charge is 2.16. The Morgan fingerprint density at radius 2 is 2.27 bits per heavy atom. The third-order valence-electron chi connectivity index (χ3n) is 2.40. The molecule has 0 radical (unpaired) electrons. The minimum atomic E-state index is -0.516. The molecule has 1 aromatic rings. The number of hydrogen-bond donors (Lipinski definition) is 1. The van der Waals surface area contributed by atoms with Crippen molar-refractivity contribution >= 4 is 5.78 Å². The van der Waals surface area contributed by atoms with Crippen molar-refractivity contribution in [2.45, 2.75) is 32.7 Å². The van der Waals surface area contributed by atoms with E-state index in [2.05, 4.69) is 18.9 Å². The van der Waals surface area contributed by atoms with E-state index < -0.39 is 6.04 Å². The summed E-state index contributed by atoms with van der Waals surface area (Å²) in [4.78, 5) is 11.7. The molecule has 4 heteroatoms. The van der Waals surface area contributed by atoms with Crippen LogP contribution in [-0.4, -0.2) is 15.6 Å².